The molecule has 0 spiro atoms. The number of aromatic nitrogens is 2. The lowest BCUT2D eigenvalue weighted by Crippen LogP contribution is -2.28. The maximum atomic E-state index is 11.7. The molecule has 0 radical (unpaired) electrons. The number of ether oxygens (including phenoxy) is 3. The van der Waals surface area contributed by atoms with Gasteiger partial charge in [-0.1, -0.05) is 54.2 Å². The van der Waals surface area contributed by atoms with Gasteiger partial charge in [-0.15, -0.1) is 0 Å². The molecule has 0 saturated carbocycles. The predicted molar refractivity (Wildman–Crippen MR) is 141 cm³/mol. The van der Waals surface area contributed by atoms with Crippen molar-refractivity contribution in [3.63, 3.8) is 0 Å². The third kappa shape index (κ3) is 7.80. The normalized spacial score (nSPS) is 11.9. The van der Waals surface area contributed by atoms with Crippen LogP contribution in [0, 0.1) is 12.8 Å². The largest absolute Gasteiger partial charge is 0.493 e. The third-order valence-corrected chi connectivity index (χ3v) is 6.11. The second kappa shape index (κ2) is 13.3. The van der Waals surface area contributed by atoms with Gasteiger partial charge in [0.1, 0.15) is 11.6 Å². The Hall–Kier alpha value is -2.91. The van der Waals surface area contributed by atoms with E-state index in [9.17, 15) is 4.79 Å². The first kappa shape index (κ1) is 26.7. The highest BCUT2D eigenvalue weighted by molar-refractivity contribution is 9.10. The summed E-state index contributed by atoms with van der Waals surface area (Å²) in [4.78, 5) is 20.8. The molecule has 1 heterocycles. The molecule has 0 saturated heterocycles. The zero-order valence-corrected chi connectivity index (χ0v) is 22.1. The van der Waals surface area contributed by atoms with Crippen molar-refractivity contribution in [1.82, 2.24) is 9.97 Å². The van der Waals surface area contributed by atoms with Crippen molar-refractivity contribution in [3.8, 4) is 11.5 Å². The van der Waals surface area contributed by atoms with E-state index in [1.807, 2.05) is 37.3 Å². The fourth-order valence-corrected chi connectivity index (χ4v) is 4.18. The van der Waals surface area contributed by atoms with Gasteiger partial charge < -0.3 is 25.3 Å². The summed E-state index contributed by atoms with van der Waals surface area (Å²) in [5, 5.41) is 4.22. The van der Waals surface area contributed by atoms with E-state index in [1.54, 1.807) is 7.11 Å². The monoisotopic (exact) mass is 544 g/mol. The van der Waals surface area contributed by atoms with Gasteiger partial charge in [0.25, 0.3) is 0 Å². The minimum absolute atomic E-state index is 0.0303. The summed E-state index contributed by atoms with van der Waals surface area (Å²) < 4.78 is 18.0. The number of benzene rings is 2. The number of nitrogens with zero attached hydrogens (tertiary/aromatic N) is 2. The number of halogens is 1. The summed E-state index contributed by atoms with van der Waals surface area (Å²) in [7, 11) is 1.58. The Labute approximate surface area is 214 Å². The van der Waals surface area contributed by atoms with Crippen LogP contribution < -0.4 is 20.5 Å². The summed E-state index contributed by atoms with van der Waals surface area (Å²) in [5.74, 6) is 1.71. The minimum atomic E-state index is -0.348. The van der Waals surface area contributed by atoms with E-state index in [4.69, 9.17) is 19.9 Å². The number of fused-ring (bicyclic) bond motifs is 1. The molecule has 188 valence electrons. The summed E-state index contributed by atoms with van der Waals surface area (Å²) in [6, 6.07) is 11.8. The summed E-state index contributed by atoms with van der Waals surface area (Å²) in [6.07, 6.45) is 3.81. The van der Waals surface area contributed by atoms with Gasteiger partial charge in [0, 0.05) is 22.5 Å². The van der Waals surface area contributed by atoms with Crippen molar-refractivity contribution in [2.75, 3.05) is 25.8 Å². The Balaban J connectivity index is 1.70. The molecule has 0 fully saturated rings. The number of hydrogen-bond acceptors (Lipinski definition) is 7. The Kier molecular flexibility index (Phi) is 10.1. The number of methoxy groups -OCH3 is 1. The Bertz CT molecular complexity index is 1140. The summed E-state index contributed by atoms with van der Waals surface area (Å²) in [6.45, 7) is 4.77. The number of nitrogens with one attached hydrogen (secondary N) is 1. The van der Waals surface area contributed by atoms with Gasteiger partial charge >= 0.3 is 0 Å². The molecule has 0 aliphatic heterocycles. The predicted octanol–water partition coefficient (Wildman–Crippen LogP) is 5.36. The Morgan fingerprint density at radius 2 is 2.00 bits per heavy atom. The van der Waals surface area contributed by atoms with E-state index < -0.39 is 0 Å². The van der Waals surface area contributed by atoms with Gasteiger partial charge in [-0.25, -0.2) is 9.97 Å². The highest BCUT2D eigenvalue weighted by Gasteiger charge is 2.16. The zero-order chi connectivity index (χ0) is 25.2. The van der Waals surface area contributed by atoms with Crippen LogP contribution in [-0.2, 0) is 16.1 Å². The highest BCUT2D eigenvalue weighted by Crippen LogP contribution is 2.34. The van der Waals surface area contributed by atoms with E-state index in [-0.39, 0.29) is 25.2 Å². The topological polar surface area (TPSA) is 109 Å². The number of hydrogen-bond donors (Lipinski definition) is 2. The van der Waals surface area contributed by atoms with E-state index >= 15 is 0 Å². The fraction of sp³-hybridized carbons (Fsp3) is 0.423. The van der Waals surface area contributed by atoms with E-state index in [0.29, 0.717) is 36.1 Å². The van der Waals surface area contributed by atoms with Gasteiger partial charge in [0.2, 0.25) is 5.91 Å². The molecule has 0 bridgehead atoms. The summed E-state index contributed by atoms with van der Waals surface area (Å²) >= 11 is 3.50. The van der Waals surface area contributed by atoms with Gasteiger partial charge in [0.15, 0.2) is 18.3 Å². The molecule has 0 aliphatic carbocycles. The lowest BCUT2D eigenvalue weighted by molar-refractivity contribution is -0.125. The first-order chi connectivity index (χ1) is 16.9. The smallest absolute Gasteiger partial charge is 0.222 e. The SMILES string of the molecule is CCCCCC(COCOc1cc2nc(C)nc(NCc3cccc(Br)c3)c2cc1OC)C(N)=O. The molecule has 1 aromatic heterocycles. The van der Waals surface area contributed by atoms with Crippen LogP contribution in [0.2, 0.25) is 0 Å². The first-order valence-electron chi connectivity index (χ1n) is 11.8. The van der Waals surface area contributed by atoms with Gasteiger partial charge in [-0.05, 0) is 37.1 Å². The van der Waals surface area contributed by atoms with E-state index in [1.165, 1.54) is 0 Å². The molecule has 35 heavy (non-hydrogen) atoms. The number of primary amides is 1. The maximum Gasteiger partial charge on any atom is 0.222 e. The van der Waals surface area contributed by atoms with Crippen LogP contribution in [0.1, 0.15) is 44.0 Å². The standard InChI is InChI=1S/C26H33BrN4O4/c1-4-5-6-9-19(25(28)32)15-34-16-35-24-13-22-21(12-23(24)33-3)26(31-17(2)30-22)29-14-18-8-7-10-20(27)11-18/h7-8,10-13,19H,4-6,9,14-16H2,1-3H3,(H2,28,32)(H,29,30,31). The number of carbonyl (C=O) groups is 1. The van der Waals surface area contributed by atoms with Crippen molar-refractivity contribution < 1.29 is 19.0 Å². The van der Waals surface area contributed by atoms with Crippen LogP contribution in [0.3, 0.4) is 0 Å². The molecule has 3 N–H and O–H groups in total. The van der Waals surface area contributed by atoms with E-state index in [0.717, 1.165) is 40.2 Å². The van der Waals surface area contributed by atoms with Crippen molar-refractivity contribution in [3.05, 3.63) is 52.3 Å². The average molecular weight is 545 g/mol. The molecule has 0 aliphatic rings. The molecular formula is C26H33BrN4O4. The van der Waals surface area contributed by atoms with Crippen molar-refractivity contribution >= 4 is 38.6 Å². The van der Waals surface area contributed by atoms with Crippen LogP contribution in [0.15, 0.2) is 40.9 Å². The molecule has 1 unspecified atom stereocenters. The van der Waals surface area contributed by atoms with Crippen LogP contribution in [0.5, 0.6) is 11.5 Å². The maximum absolute atomic E-state index is 11.7. The van der Waals surface area contributed by atoms with Crippen LogP contribution >= 0.6 is 15.9 Å². The van der Waals surface area contributed by atoms with Crippen molar-refractivity contribution in [2.45, 2.75) is 46.1 Å². The second-order valence-corrected chi connectivity index (χ2v) is 9.27. The lowest BCUT2D eigenvalue weighted by Gasteiger charge is -2.16. The summed E-state index contributed by atoms with van der Waals surface area (Å²) in [5.41, 5.74) is 7.36. The fourth-order valence-electron chi connectivity index (χ4n) is 3.74. The van der Waals surface area contributed by atoms with Crippen molar-refractivity contribution in [1.29, 1.82) is 0 Å². The third-order valence-electron chi connectivity index (χ3n) is 5.62. The molecule has 3 aromatic rings. The molecule has 9 heteroatoms. The van der Waals surface area contributed by atoms with Crippen molar-refractivity contribution in [2.24, 2.45) is 11.7 Å². The lowest BCUT2D eigenvalue weighted by atomic mass is 10.0. The van der Waals surface area contributed by atoms with Crippen LogP contribution in [0.25, 0.3) is 10.9 Å². The molecule has 1 atom stereocenters. The Morgan fingerprint density at radius 3 is 2.71 bits per heavy atom. The molecule has 2 aromatic carbocycles. The van der Waals surface area contributed by atoms with Crippen LogP contribution in [-0.4, -0.2) is 36.4 Å². The average Bonchev–Trinajstić information content (AvgIpc) is 2.83. The van der Waals surface area contributed by atoms with Gasteiger partial charge in [-0.2, -0.15) is 0 Å². The van der Waals surface area contributed by atoms with Gasteiger partial charge in [-0.3, -0.25) is 4.79 Å². The second-order valence-electron chi connectivity index (χ2n) is 8.35. The highest BCUT2D eigenvalue weighted by atomic mass is 79.9. The molecule has 1 amide bonds. The number of anilines is 1. The molecule has 3 rings (SSSR count). The number of carbonyl (C=O) groups excluding carboxylic acids is 1. The number of aryl methyl sites for hydroxylation is 1. The molecule has 8 nitrogen and oxygen atoms in total. The van der Waals surface area contributed by atoms with E-state index in [2.05, 4.69) is 44.2 Å². The molecular weight excluding hydrogens is 512 g/mol. The van der Waals surface area contributed by atoms with Crippen LogP contribution in [0.4, 0.5) is 5.82 Å². The Morgan fingerprint density at radius 1 is 1.17 bits per heavy atom. The minimum Gasteiger partial charge on any atom is -0.493 e. The zero-order valence-electron chi connectivity index (χ0n) is 20.5. The number of rotatable bonds is 14. The number of amides is 1. The first-order valence-corrected chi connectivity index (χ1v) is 12.5. The van der Waals surface area contributed by atoms with Gasteiger partial charge in [0.05, 0.1) is 25.2 Å². The number of unbranched alkanes of at least 4 members (excludes halogenated alkanes) is 2. The quantitative estimate of drug-likeness (QED) is 0.208. The number of nitrogens with two attached hydrogens (primary N) is 1.